The number of hydrogen-bond acceptors (Lipinski definition) is 4. The van der Waals surface area contributed by atoms with E-state index in [1.807, 2.05) is 6.07 Å². The highest BCUT2D eigenvalue weighted by Gasteiger charge is 2.50. The fraction of sp³-hybridized carbons (Fsp3) is 0.467. The van der Waals surface area contributed by atoms with Gasteiger partial charge >= 0.3 is 12.1 Å². The number of amides is 1. The number of carbonyl (C=O) groups is 2. The molecule has 0 aliphatic carbocycles. The Balaban J connectivity index is 1.94. The standard InChI is InChI=1S/C15H17F2NO4/c1-21-13(19)12-9-18(8-7-15(12,16)17)14(20)22-10-11-5-3-2-4-6-11/h2-6,12H,7-10H2,1H3. The van der Waals surface area contributed by atoms with Gasteiger partial charge in [-0.05, 0) is 5.56 Å². The van der Waals surface area contributed by atoms with Crippen molar-refractivity contribution in [1.29, 1.82) is 0 Å². The van der Waals surface area contributed by atoms with E-state index in [-0.39, 0.29) is 13.2 Å². The maximum atomic E-state index is 13.7. The fourth-order valence-corrected chi connectivity index (χ4v) is 2.27. The second kappa shape index (κ2) is 6.72. The summed E-state index contributed by atoms with van der Waals surface area (Å²) < 4.78 is 36.9. The third-order valence-electron chi connectivity index (χ3n) is 3.58. The predicted molar refractivity (Wildman–Crippen MR) is 73.3 cm³/mol. The first-order valence-corrected chi connectivity index (χ1v) is 6.85. The number of nitrogens with zero attached hydrogens (tertiary/aromatic N) is 1. The fourth-order valence-electron chi connectivity index (χ4n) is 2.27. The molecule has 1 aliphatic rings. The molecule has 5 nitrogen and oxygen atoms in total. The lowest BCUT2D eigenvalue weighted by Crippen LogP contribution is -2.52. The molecule has 1 fully saturated rings. The van der Waals surface area contributed by atoms with Gasteiger partial charge in [0, 0.05) is 19.5 Å². The third-order valence-corrected chi connectivity index (χ3v) is 3.58. The topological polar surface area (TPSA) is 55.8 Å². The summed E-state index contributed by atoms with van der Waals surface area (Å²) in [6.45, 7) is -0.517. The van der Waals surface area contributed by atoms with Crippen molar-refractivity contribution in [2.24, 2.45) is 5.92 Å². The lowest BCUT2D eigenvalue weighted by Gasteiger charge is -2.36. The average Bonchev–Trinajstić information content (AvgIpc) is 2.52. The molecule has 22 heavy (non-hydrogen) atoms. The molecule has 1 aliphatic heterocycles. The van der Waals surface area contributed by atoms with Crippen molar-refractivity contribution in [3.05, 3.63) is 35.9 Å². The summed E-state index contributed by atoms with van der Waals surface area (Å²) in [7, 11) is 1.05. The van der Waals surface area contributed by atoms with E-state index in [1.165, 1.54) is 0 Å². The third kappa shape index (κ3) is 3.72. The molecule has 1 amide bonds. The van der Waals surface area contributed by atoms with Crippen LogP contribution in [0.3, 0.4) is 0 Å². The van der Waals surface area contributed by atoms with Crippen LogP contribution < -0.4 is 0 Å². The summed E-state index contributed by atoms with van der Waals surface area (Å²) in [4.78, 5) is 24.5. The number of methoxy groups -OCH3 is 1. The van der Waals surface area contributed by atoms with Crippen LogP contribution in [0.25, 0.3) is 0 Å². The van der Waals surface area contributed by atoms with E-state index in [2.05, 4.69) is 4.74 Å². The number of likely N-dealkylation sites (tertiary alicyclic amines) is 1. The Hall–Kier alpha value is -2.18. The van der Waals surface area contributed by atoms with Crippen molar-refractivity contribution in [2.75, 3.05) is 20.2 Å². The van der Waals surface area contributed by atoms with Gasteiger partial charge in [-0.15, -0.1) is 0 Å². The normalized spacial score (nSPS) is 20.3. The summed E-state index contributed by atoms with van der Waals surface area (Å²) in [6, 6.07) is 9.01. The molecule has 7 heteroatoms. The molecular formula is C15H17F2NO4. The number of esters is 1. The van der Waals surface area contributed by atoms with E-state index in [0.717, 1.165) is 17.6 Å². The van der Waals surface area contributed by atoms with Gasteiger partial charge in [-0.3, -0.25) is 4.79 Å². The van der Waals surface area contributed by atoms with Crippen LogP contribution in [0.1, 0.15) is 12.0 Å². The molecule has 120 valence electrons. The molecule has 0 saturated carbocycles. The number of piperidine rings is 1. The summed E-state index contributed by atoms with van der Waals surface area (Å²) in [6.07, 6.45) is -1.30. The van der Waals surface area contributed by atoms with Gasteiger partial charge in [0.05, 0.1) is 7.11 Å². The number of rotatable bonds is 3. The molecule has 1 saturated heterocycles. The lowest BCUT2D eigenvalue weighted by molar-refractivity contribution is -0.168. The van der Waals surface area contributed by atoms with Gasteiger partial charge in [-0.1, -0.05) is 30.3 Å². The van der Waals surface area contributed by atoms with Gasteiger partial charge < -0.3 is 14.4 Å². The summed E-state index contributed by atoms with van der Waals surface area (Å²) in [5, 5.41) is 0. The van der Waals surface area contributed by atoms with Crippen molar-refractivity contribution < 1.29 is 27.8 Å². The molecular weight excluding hydrogens is 296 g/mol. The molecule has 0 aromatic heterocycles. The van der Waals surface area contributed by atoms with Crippen LogP contribution >= 0.6 is 0 Å². The van der Waals surface area contributed by atoms with Crippen molar-refractivity contribution in [3.8, 4) is 0 Å². The van der Waals surface area contributed by atoms with E-state index in [1.54, 1.807) is 24.3 Å². The molecule has 1 aromatic rings. The van der Waals surface area contributed by atoms with E-state index < -0.39 is 36.9 Å². The zero-order chi connectivity index (χ0) is 16.2. The van der Waals surface area contributed by atoms with Crippen molar-refractivity contribution in [3.63, 3.8) is 0 Å². The molecule has 2 rings (SSSR count). The quantitative estimate of drug-likeness (QED) is 0.804. The minimum atomic E-state index is -3.18. The summed E-state index contributed by atoms with van der Waals surface area (Å²) in [5.41, 5.74) is 0.794. The highest BCUT2D eigenvalue weighted by Crippen LogP contribution is 2.34. The van der Waals surface area contributed by atoms with Gasteiger partial charge in [-0.25, -0.2) is 13.6 Å². The molecule has 1 aromatic carbocycles. The first-order valence-electron chi connectivity index (χ1n) is 6.85. The van der Waals surface area contributed by atoms with E-state index in [9.17, 15) is 18.4 Å². The summed E-state index contributed by atoms with van der Waals surface area (Å²) in [5.74, 6) is -5.86. The molecule has 1 unspecified atom stereocenters. The lowest BCUT2D eigenvalue weighted by atomic mass is 9.94. The number of alkyl halides is 2. The number of hydrogen-bond donors (Lipinski definition) is 0. The summed E-state index contributed by atoms with van der Waals surface area (Å²) >= 11 is 0. The zero-order valence-electron chi connectivity index (χ0n) is 12.1. The van der Waals surface area contributed by atoms with Crippen molar-refractivity contribution in [2.45, 2.75) is 19.0 Å². The van der Waals surface area contributed by atoms with Crippen LogP contribution in [-0.4, -0.2) is 43.1 Å². The first kappa shape index (κ1) is 16.2. The van der Waals surface area contributed by atoms with Gasteiger partial charge in [-0.2, -0.15) is 0 Å². The van der Waals surface area contributed by atoms with E-state index in [4.69, 9.17) is 4.74 Å². The minimum absolute atomic E-state index is 0.0510. The molecule has 1 heterocycles. The monoisotopic (exact) mass is 313 g/mol. The average molecular weight is 313 g/mol. The molecule has 0 bridgehead atoms. The van der Waals surface area contributed by atoms with Crippen LogP contribution in [-0.2, 0) is 20.9 Å². The second-order valence-electron chi connectivity index (χ2n) is 5.07. The maximum absolute atomic E-state index is 13.7. The Morgan fingerprint density at radius 3 is 2.64 bits per heavy atom. The van der Waals surface area contributed by atoms with Crippen LogP contribution in [0, 0.1) is 5.92 Å². The van der Waals surface area contributed by atoms with E-state index in [0.29, 0.717) is 0 Å². The number of benzene rings is 1. The smallest absolute Gasteiger partial charge is 0.410 e. The highest BCUT2D eigenvalue weighted by molar-refractivity contribution is 5.76. The molecule has 0 spiro atoms. The van der Waals surface area contributed by atoms with Gasteiger partial charge in [0.2, 0.25) is 0 Å². The Kier molecular flexibility index (Phi) is 4.95. The Morgan fingerprint density at radius 1 is 1.32 bits per heavy atom. The SMILES string of the molecule is COC(=O)C1CN(C(=O)OCc2ccccc2)CCC1(F)F. The van der Waals surface area contributed by atoms with Crippen LogP contribution in [0.15, 0.2) is 30.3 Å². The molecule has 0 N–H and O–H groups in total. The van der Waals surface area contributed by atoms with Gasteiger partial charge in [0.1, 0.15) is 12.5 Å². The number of ether oxygens (including phenoxy) is 2. The number of halogens is 2. The van der Waals surface area contributed by atoms with Crippen LogP contribution in [0.5, 0.6) is 0 Å². The molecule has 1 atom stereocenters. The first-order chi connectivity index (χ1) is 10.4. The van der Waals surface area contributed by atoms with E-state index >= 15 is 0 Å². The Labute approximate surface area is 126 Å². The second-order valence-corrected chi connectivity index (χ2v) is 5.07. The van der Waals surface area contributed by atoms with Crippen molar-refractivity contribution >= 4 is 12.1 Å². The van der Waals surface area contributed by atoms with Crippen molar-refractivity contribution in [1.82, 2.24) is 4.90 Å². The largest absolute Gasteiger partial charge is 0.469 e. The zero-order valence-corrected chi connectivity index (χ0v) is 12.1. The highest BCUT2D eigenvalue weighted by atomic mass is 19.3. The minimum Gasteiger partial charge on any atom is -0.469 e. The Bertz CT molecular complexity index is 536. The molecule has 0 radical (unpaired) electrons. The Morgan fingerprint density at radius 2 is 2.00 bits per heavy atom. The van der Waals surface area contributed by atoms with Gasteiger partial charge in [0.15, 0.2) is 0 Å². The maximum Gasteiger partial charge on any atom is 0.410 e. The van der Waals surface area contributed by atoms with Crippen LogP contribution in [0.4, 0.5) is 13.6 Å². The predicted octanol–water partition coefficient (Wildman–Crippen LogP) is 2.45. The van der Waals surface area contributed by atoms with Gasteiger partial charge in [0.25, 0.3) is 5.92 Å². The van der Waals surface area contributed by atoms with Crippen LogP contribution in [0.2, 0.25) is 0 Å². The number of carbonyl (C=O) groups excluding carboxylic acids is 2.